The van der Waals surface area contributed by atoms with Crippen LogP contribution in [-0.4, -0.2) is 25.8 Å². The number of carbonyl (C=O) groups is 1. The van der Waals surface area contributed by atoms with E-state index in [0.29, 0.717) is 22.6 Å². The van der Waals surface area contributed by atoms with Crippen molar-refractivity contribution < 1.29 is 38.8 Å². The van der Waals surface area contributed by atoms with Crippen LogP contribution in [0.3, 0.4) is 0 Å². The Hall–Kier alpha value is -4.13. The smallest absolute Gasteiger partial charge is 0.216 e. The minimum Gasteiger partial charge on any atom is -0.512 e. The van der Waals surface area contributed by atoms with Gasteiger partial charge in [0.15, 0.2) is 5.78 Å². The molecule has 4 aromatic heterocycles. The Morgan fingerprint density at radius 3 is 2.47 bits per heavy atom. The molecular formula is C28H20IrN3O4-. The van der Waals surface area contributed by atoms with E-state index in [4.69, 9.17) is 13.9 Å². The molecule has 0 spiro atoms. The third-order valence-corrected chi connectivity index (χ3v) is 5.23. The van der Waals surface area contributed by atoms with Crippen LogP contribution in [0.2, 0.25) is 0 Å². The molecule has 4 heterocycles. The summed E-state index contributed by atoms with van der Waals surface area (Å²) in [5, 5.41) is 10.3. The molecule has 0 aliphatic heterocycles. The average Bonchev–Trinajstić information content (AvgIpc) is 3.46. The molecule has 181 valence electrons. The third kappa shape index (κ3) is 4.96. The molecule has 7 nitrogen and oxygen atoms in total. The van der Waals surface area contributed by atoms with Crippen LogP contribution < -0.4 is 0 Å². The molecule has 36 heavy (non-hydrogen) atoms. The standard InChI is InChI=1S/C23H12N3O2.C5H8O2.Ir/c1-2-6-14(7-3-1)19-12-18-22(27-19)20(26-13-25-18)17-9-4-8-15-16-10-5-11-24-23(16)28-21(15)17;1-4(6)3-5(2)7;/h1-8,10-13H;3,6H,1-2H3;/q-1;;/b;4-3-;. The van der Waals surface area contributed by atoms with Crippen LogP contribution in [0.5, 0.6) is 0 Å². The number of aliphatic hydroxyl groups is 1. The number of allylic oxidation sites excluding steroid dienone is 2. The van der Waals surface area contributed by atoms with Gasteiger partial charge in [0.2, 0.25) is 5.71 Å². The topological polar surface area (TPSA) is 102 Å². The zero-order chi connectivity index (χ0) is 24.4. The number of carbonyl (C=O) groups excluding carboxylic acids is 1. The number of nitrogens with zero attached hydrogens (tertiary/aromatic N) is 3. The number of aliphatic hydroxyl groups excluding tert-OH is 1. The molecule has 6 rings (SSSR count). The van der Waals surface area contributed by atoms with Crippen LogP contribution in [0, 0.1) is 6.07 Å². The maximum atomic E-state index is 10.0. The second-order valence-corrected chi connectivity index (χ2v) is 7.86. The van der Waals surface area contributed by atoms with Crippen LogP contribution in [0.4, 0.5) is 0 Å². The Morgan fingerprint density at radius 1 is 0.944 bits per heavy atom. The Labute approximate surface area is 219 Å². The first-order valence-electron chi connectivity index (χ1n) is 10.9. The minimum atomic E-state index is -0.125. The van der Waals surface area contributed by atoms with E-state index in [2.05, 4.69) is 21.0 Å². The van der Waals surface area contributed by atoms with Gasteiger partial charge in [-0.15, -0.1) is 18.2 Å². The summed E-state index contributed by atoms with van der Waals surface area (Å²) in [5.41, 5.74) is 5.00. The van der Waals surface area contributed by atoms with Crippen molar-refractivity contribution >= 4 is 39.0 Å². The van der Waals surface area contributed by atoms with Crippen LogP contribution in [0.1, 0.15) is 13.8 Å². The zero-order valence-electron chi connectivity index (χ0n) is 19.4. The number of benzene rings is 2. The number of hydrogen-bond donors (Lipinski definition) is 1. The van der Waals surface area contributed by atoms with E-state index >= 15 is 0 Å². The Bertz CT molecular complexity index is 1700. The third-order valence-electron chi connectivity index (χ3n) is 5.23. The molecule has 8 heteroatoms. The fourth-order valence-electron chi connectivity index (χ4n) is 3.82. The van der Waals surface area contributed by atoms with Gasteiger partial charge < -0.3 is 13.9 Å². The molecule has 0 aliphatic rings. The zero-order valence-corrected chi connectivity index (χ0v) is 21.7. The molecule has 6 aromatic rings. The Morgan fingerprint density at radius 2 is 1.75 bits per heavy atom. The largest absolute Gasteiger partial charge is 0.512 e. The van der Waals surface area contributed by atoms with Gasteiger partial charge in [0.1, 0.15) is 23.2 Å². The number of ketones is 1. The maximum absolute atomic E-state index is 10.0. The quantitative estimate of drug-likeness (QED) is 0.129. The van der Waals surface area contributed by atoms with Gasteiger partial charge in [0.25, 0.3) is 0 Å². The molecule has 0 atom stereocenters. The number of furan rings is 2. The summed E-state index contributed by atoms with van der Waals surface area (Å²) < 4.78 is 12.2. The minimum absolute atomic E-state index is 0. The predicted molar refractivity (Wildman–Crippen MR) is 134 cm³/mol. The van der Waals surface area contributed by atoms with Crippen LogP contribution in [0.25, 0.3) is 55.7 Å². The summed E-state index contributed by atoms with van der Waals surface area (Å²) in [6, 6.07) is 22.9. The van der Waals surface area contributed by atoms with Crippen molar-refractivity contribution in [3.63, 3.8) is 0 Å². The van der Waals surface area contributed by atoms with E-state index in [0.717, 1.165) is 33.2 Å². The van der Waals surface area contributed by atoms with E-state index in [-0.39, 0.29) is 31.6 Å². The SMILES string of the molecule is CC(=O)/C=C(/C)O.[Ir].[c-]1ccc2c(oc3ncccc32)c1-c1ncnc2cc(-c3ccccc3)oc12. The molecule has 0 aliphatic carbocycles. The molecule has 0 bridgehead atoms. The Balaban J connectivity index is 0.000000338. The van der Waals surface area contributed by atoms with Crippen molar-refractivity contribution in [2.45, 2.75) is 13.8 Å². The van der Waals surface area contributed by atoms with Crippen LogP contribution >= 0.6 is 0 Å². The molecule has 2 aromatic carbocycles. The van der Waals surface area contributed by atoms with Crippen LogP contribution in [0.15, 0.2) is 93.9 Å². The molecule has 0 unspecified atom stereocenters. The van der Waals surface area contributed by atoms with Crippen molar-refractivity contribution in [2.24, 2.45) is 0 Å². The average molecular weight is 655 g/mol. The van der Waals surface area contributed by atoms with Crippen molar-refractivity contribution in [2.75, 3.05) is 0 Å². The van der Waals surface area contributed by atoms with Gasteiger partial charge in [-0.25, -0.2) is 9.97 Å². The second kappa shape index (κ2) is 10.6. The number of pyridine rings is 1. The summed E-state index contributed by atoms with van der Waals surface area (Å²) in [5.74, 6) is 0.684. The first-order valence-corrected chi connectivity index (χ1v) is 10.9. The van der Waals surface area contributed by atoms with Gasteiger partial charge in [-0.3, -0.25) is 9.78 Å². The fourth-order valence-corrected chi connectivity index (χ4v) is 3.82. The summed E-state index contributed by atoms with van der Waals surface area (Å²) in [6.45, 7) is 2.85. The normalized spacial score (nSPS) is 11.2. The number of hydrogen-bond acceptors (Lipinski definition) is 7. The van der Waals surface area contributed by atoms with Gasteiger partial charge in [0.05, 0.1) is 11.3 Å². The van der Waals surface area contributed by atoms with E-state index in [1.54, 1.807) is 6.20 Å². The van der Waals surface area contributed by atoms with Gasteiger partial charge in [-0.1, -0.05) is 41.3 Å². The second-order valence-electron chi connectivity index (χ2n) is 7.86. The van der Waals surface area contributed by atoms with E-state index in [1.807, 2.05) is 60.7 Å². The number of aromatic nitrogens is 3. The number of rotatable bonds is 3. The van der Waals surface area contributed by atoms with E-state index in [9.17, 15) is 4.79 Å². The van der Waals surface area contributed by atoms with Gasteiger partial charge in [-0.2, -0.15) is 0 Å². The van der Waals surface area contributed by atoms with Crippen LogP contribution in [-0.2, 0) is 24.9 Å². The van der Waals surface area contributed by atoms with Crippen molar-refractivity contribution in [1.29, 1.82) is 0 Å². The Kier molecular flexibility index (Phi) is 7.38. The first kappa shape index (κ1) is 25.0. The molecular weight excluding hydrogens is 635 g/mol. The van der Waals surface area contributed by atoms with E-state index in [1.165, 1.54) is 26.3 Å². The summed E-state index contributed by atoms with van der Waals surface area (Å²) >= 11 is 0. The predicted octanol–water partition coefficient (Wildman–Crippen LogP) is 6.69. The first-order chi connectivity index (χ1) is 17.0. The summed E-state index contributed by atoms with van der Waals surface area (Å²) in [7, 11) is 0. The molecule has 0 saturated heterocycles. The van der Waals surface area contributed by atoms with Crippen molar-refractivity contribution in [1.82, 2.24) is 15.0 Å². The number of fused-ring (bicyclic) bond motifs is 4. The van der Waals surface area contributed by atoms with Crippen molar-refractivity contribution in [3.05, 3.63) is 91.1 Å². The molecule has 1 radical (unpaired) electrons. The summed E-state index contributed by atoms with van der Waals surface area (Å²) in [6.07, 6.45) is 4.42. The van der Waals surface area contributed by atoms with Gasteiger partial charge >= 0.3 is 0 Å². The maximum Gasteiger partial charge on any atom is 0.216 e. The fraction of sp³-hybridized carbons (Fsp3) is 0.0714. The molecule has 1 N–H and O–H groups in total. The molecule has 0 fully saturated rings. The van der Waals surface area contributed by atoms with Crippen molar-refractivity contribution in [3.8, 4) is 22.6 Å². The monoisotopic (exact) mass is 655 g/mol. The summed E-state index contributed by atoms with van der Waals surface area (Å²) in [4.78, 5) is 23.2. The van der Waals surface area contributed by atoms with Gasteiger partial charge in [-0.05, 0) is 26.0 Å². The van der Waals surface area contributed by atoms with Gasteiger partial charge in [0, 0.05) is 55.1 Å². The van der Waals surface area contributed by atoms with E-state index < -0.39 is 0 Å². The molecule has 0 amide bonds. The molecule has 0 saturated carbocycles.